The lowest BCUT2D eigenvalue weighted by Crippen LogP contribution is -2.41. The van der Waals surface area contributed by atoms with Gasteiger partial charge in [0.1, 0.15) is 0 Å². The van der Waals surface area contributed by atoms with Crippen LogP contribution >= 0.6 is 0 Å². The van der Waals surface area contributed by atoms with Gasteiger partial charge in [0.05, 0.1) is 5.60 Å². The minimum absolute atomic E-state index is 0.475. The van der Waals surface area contributed by atoms with Crippen molar-refractivity contribution in [2.75, 3.05) is 13.1 Å². The Morgan fingerprint density at radius 3 is 2.00 bits per heavy atom. The van der Waals surface area contributed by atoms with Crippen molar-refractivity contribution >= 4 is 0 Å². The standard InChI is InChI=1S/C14H27NO/c1-3-14(16,4-2)10-15-9-13(11-5-6-11)12-7-8-12/h11-13,15-16H,3-10H2,1-2H3. The molecule has 16 heavy (non-hydrogen) atoms. The van der Waals surface area contributed by atoms with Gasteiger partial charge in [-0.25, -0.2) is 0 Å². The van der Waals surface area contributed by atoms with Gasteiger partial charge >= 0.3 is 0 Å². The third-order valence-electron chi connectivity index (χ3n) is 4.61. The number of nitrogens with one attached hydrogen (secondary N) is 1. The molecule has 0 bridgehead atoms. The second-order valence-electron chi connectivity index (χ2n) is 5.90. The minimum atomic E-state index is -0.475. The molecular formula is C14H27NO. The van der Waals surface area contributed by atoms with Gasteiger partial charge in [-0.05, 0) is 62.8 Å². The summed E-state index contributed by atoms with van der Waals surface area (Å²) in [6.07, 6.45) is 7.52. The maximum Gasteiger partial charge on any atom is 0.0766 e. The average Bonchev–Trinajstić information content (AvgIpc) is 3.17. The van der Waals surface area contributed by atoms with Crippen LogP contribution in [0.25, 0.3) is 0 Å². The molecule has 0 aromatic carbocycles. The second-order valence-corrected chi connectivity index (χ2v) is 5.90. The molecule has 2 saturated carbocycles. The lowest BCUT2D eigenvalue weighted by molar-refractivity contribution is 0.0313. The fourth-order valence-corrected chi connectivity index (χ4v) is 2.74. The maximum absolute atomic E-state index is 10.2. The molecule has 0 aromatic heterocycles. The normalized spacial score (nSPS) is 21.8. The number of hydrogen-bond donors (Lipinski definition) is 2. The van der Waals surface area contributed by atoms with Crippen molar-refractivity contribution in [2.24, 2.45) is 17.8 Å². The summed E-state index contributed by atoms with van der Waals surface area (Å²) >= 11 is 0. The van der Waals surface area contributed by atoms with E-state index >= 15 is 0 Å². The smallest absolute Gasteiger partial charge is 0.0766 e. The fourth-order valence-electron chi connectivity index (χ4n) is 2.74. The van der Waals surface area contributed by atoms with E-state index in [1.165, 1.54) is 25.7 Å². The molecule has 2 aliphatic rings. The Morgan fingerprint density at radius 1 is 1.12 bits per heavy atom. The van der Waals surface area contributed by atoms with Gasteiger partial charge in [-0.2, -0.15) is 0 Å². The van der Waals surface area contributed by atoms with Gasteiger partial charge < -0.3 is 10.4 Å². The number of rotatable bonds is 8. The Bertz CT molecular complexity index is 205. The predicted octanol–water partition coefficient (Wildman–Crippen LogP) is 2.56. The Labute approximate surface area is 99.8 Å². The largest absolute Gasteiger partial charge is 0.389 e. The van der Waals surface area contributed by atoms with Crippen LogP contribution in [-0.4, -0.2) is 23.8 Å². The zero-order valence-corrected chi connectivity index (χ0v) is 10.8. The second kappa shape index (κ2) is 5.05. The molecule has 2 aliphatic carbocycles. The van der Waals surface area contributed by atoms with E-state index in [4.69, 9.17) is 0 Å². The van der Waals surface area contributed by atoms with Crippen LogP contribution in [0.5, 0.6) is 0 Å². The quantitative estimate of drug-likeness (QED) is 0.665. The summed E-state index contributed by atoms with van der Waals surface area (Å²) in [4.78, 5) is 0. The molecule has 0 amide bonds. The molecule has 0 atom stereocenters. The molecule has 2 nitrogen and oxygen atoms in total. The molecule has 2 heteroatoms. The van der Waals surface area contributed by atoms with Crippen LogP contribution in [0.15, 0.2) is 0 Å². The van der Waals surface area contributed by atoms with E-state index < -0.39 is 5.60 Å². The van der Waals surface area contributed by atoms with Gasteiger partial charge in [-0.3, -0.25) is 0 Å². The van der Waals surface area contributed by atoms with E-state index in [9.17, 15) is 5.11 Å². The molecule has 0 aromatic rings. The van der Waals surface area contributed by atoms with Crippen LogP contribution in [0.3, 0.4) is 0 Å². The van der Waals surface area contributed by atoms with Crippen LogP contribution in [-0.2, 0) is 0 Å². The van der Waals surface area contributed by atoms with Crippen molar-refractivity contribution in [3.63, 3.8) is 0 Å². The summed E-state index contributed by atoms with van der Waals surface area (Å²) in [6, 6.07) is 0. The van der Waals surface area contributed by atoms with E-state index in [-0.39, 0.29) is 0 Å². The first-order valence-electron chi connectivity index (χ1n) is 7.11. The zero-order chi connectivity index (χ0) is 11.6. The Hall–Kier alpha value is -0.0800. The SMILES string of the molecule is CCC(O)(CC)CNCC(C1CC1)C1CC1. The lowest BCUT2D eigenvalue weighted by atomic mass is 9.95. The summed E-state index contributed by atoms with van der Waals surface area (Å²) < 4.78 is 0. The van der Waals surface area contributed by atoms with Crippen molar-refractivity contribution < 1.29 is 5.11 Å². The Morgan fingerprint density at radius 2 is 1.62 bits per heavy atom. The van der Waals surface area contributed by atoms with Crippen LogP contribution in [0, 0.1) is 17.8 Å². The third-order valence-corrected chi connectivity index (χ3v) is 4.61. The van der Waals surface area contributed by atoms with Gasteiger partial charge in [-0.1, -0.05) is 13.8 Å². The first-order chi connectivity index (χ1) is 7.68. The topological polar surface area (TPSA) is 32.3 Å². The maximum atomic E-state index is 10.2. The van der Waals surface area contributed by atoms with Crippen molar-refractivity contribution in [2.45, 2.75) is 58.0 Å². The van der Waals surface area contributed by atoms with E-state index in [2.05, 4.69) is 19.2 Å². The van der Waals surface area contributed by atoms with Gasteiger partial charge in [0.2, 0.25) is 0 Å². The van der Waals surface area contributed by atoms with Crippen molar-refractivity contribution in [3.8, 4) is 0 Å². The molecule has 94 valence electrons. The van der Waals surface area contributed by atoms with Gasteiger partial charge in [0.15, 0.2) is 0 Å². The Kier molecular flexibility index (Phi) is 3.91. The molecular weight excluding hydrogens is 198 g/mol. The molecule has 2 rings (SSSR count). The highest BCUT2D eigenvalue weighted by molar-refractivity contribution is 4.93. The van der Waals surface area contributed by atoms with Crippen LogP contribution in [0.2, 0.25) is 0 Å². The number of aliphatic hydroxyl groups is 1. The van der Waals surface area contributed by atoms with Crippen LogP contribution in [0.4, 0.5) is 0 Å². The highest BCUT2D eigenvalue weighted by atomic mass is 16.3. The molecule has 0 radical (unpaired) electrons. The summed E-state index contributed by atoms with van der Waals surface area (Å²) in [5, 5.41) is 13.7. The minimum Gasteiger partial charge on any atom is -0.389 e. The molecule has 0 unspecified atom stereocenters. The average molecular weight is 225 g/mol. The fraction of sp³-hybridized carbons (Fsp3) is 1.00. The Balaban J connectivity index is 1.69. The van der Waals surface area contributed by atoms with Crippen LogP contribution < -0.4 is 5.32 Å². The van der Waals surface area contributed by atoms with Crippen molar-refractivity contribution in [1.29, 1.82) is 0 Å². The van der Waals surface area contributed by atoms with E-state index in [0.29, 0.717) is 0 Å². The lowest BCUT2D eigenvalue weighted by Gasteiger charge is -2.27. The molecule has 0 heterocycles. The summed E-state index contributed by atoms with van der Waals surface area (Å²) in [7, 11) is 0. The van der Waals surface area contributed by atoms with Gasteiger partial charge in [0.25, 0.3) is 0 Å². The highest BCUT2D eigenvalue weighted by Gasteiger charge is 2.41. The first-order valence-corrected chi connectivity index (χ1v) is 7.11. The molecule has 2 fully saturated rings. The van der Waals surface area contributed by atoms with Gasteiger partial charge in [-0.15, -0.1) is 0 Å². The summed E-state index contributed by atoms with van der Waals surface area (Å²) in [5.74, 6) is 2.94. The first kappa shape index (κ1) is 12.4. The van der Waals surface area contributed by atoms with Gasteiger partial charge in [0, 0.05) is 6.54 Å². The van der Waals surface area contributed by atoms with E-state index in [1.807, 2.05) is 0 Å². The molecule has 0 spiro atoms. The van der Waals surface area contributed by atoms with Crippen molar-refractivity contribution in [3.05, 3.63) is 0 Å². The van der Waals surface area contributed by atoms with Crippen LogP contribution in [0.1, 0.15) is 52.4 Å². The summed E-state index contributed by atoms with van der Waals surface area (Å²) in [5.41, 5.74) is -0.475. The highest BCUT2D eigenvalue weighted by Crippen LogP contribution is 2.48. The van der Waals surface area contributed by atoms with E-state index in [1.54, 1.807) is 0 Å². The summed E-state index contributed by atoms with van der Waals surface area (Å²) in [6.45, 7) is 6.06. The predicted molar refractivity (Wildman–Crippen MR) is 67.3 cm³/mol. The third kappa shape index (κ3) is 3.21. The molecule has 0 saturated heterocycles. The van der Waals surface area contributed by atoms with E-state index in [0.717, 1.165) is 43.7 Å². The zero-order valence-electron chi connectivity index (χ0n) is 10.8. The number of hydrogen-bond acceptors (Lipinski definition) is 2. The molecule has 0 aliphatic heterocycles. The molecule has 2 N–H and O–H groups in total. The monoisotopic (exact) mass is 225 g/mol. The van der Waals surface area contributed by atoms with Crippen molar-refractivity contribution in [1.82, 2.24) is 5.32 Å².